The maximum atomic E-state index is 13.0. The van der Waals surface area contributed by atoms with E-state index in [1.807, 2.05) is 31.2 Å². The van der Waals surface area contributed by atoms with Gasteiger partial charge in [-0.2, -0.15) is 9.78 Å². The van der Waals surface area contributed by atoms with Gasteiger partial charge in [-0.05, 0) is 78.5 Å². The van der Waals surface area contributed by atoms with E-state index in [-0.39, 0.29) is 5.56 Å². The van der Waals surface area contributed by atoms with E-state index in [9.17, 15) is 4.79 Å². The fourth-order valence-corrected chi connectivity index (χ4v) is 5.01. The number of benzene rings is 1. The summed E-state index contributed by atoms with van der Waals surface area (Å²) in [5, 5.41) is 5.19. The zero-order chi connectivity index (χ0) is 16.7. The lowest BCUT2D eigenvalue weighted by atomic mass is 9.97. The van der Waals surface area contributed by atoms with Crippen molar-refractivity contribution in [1.82, 2.24) is 9.66 Å². The Balaban J connectivity index is 1.85. The lowest BCUT2D eigenvalue weighted by Crippen LogP contribution is -2.21. The SMILES string of the molecule is Cc1nc2sc3c(c2c(=O)n1N=Cc1cccc(I)c1)CCCC3. The lowest BCUT2D eigenvalue weighted by molar-refractivity contribution is 0.698. The molecule has 0 saturated heterocycles. The molecule has 2 aromatic heterocycles. The number of thiophene rings is 1. The Morgan fingerprint density at radius 1 is 1.33 bits per heavy atom. The minimum absolute atomic E-state index is 0.0428. The minimum Gasteiger partial charge on any atom is -0.267 e. The van der Waals surface area contributed by atoms with E-state index >= 15 is 0 Å². The van der Waals surface area contributed by atoms with Gasteiger partial charge in [0.05, 0.1) is 11.6 Å². The molecule has 3 aromatic rings. The lowest BCUT2D eigenvalue weighted by Gasteiger charge is -2.10. The van der Waals surface area contributed by atoms with Gasteiger partial charge < -0.3 is 0 Å². The van der Waals surface area contributed by atoms with Crippen LogP contribution in [-0.2, 0) is 12.8 Å². The molecule has 24 heavy (non-hydrogen) atoms. The number of aryl methyl sites for hydroxylation is 3. The molecule has 0 saturated carbocycles. The van der Waals surface area contributed by atoms with E-state index in [0.717, 1.165) is 38.6 Å². The Hall–Kier alpha value is -1.54. The van der Waals surface area contributed by atoms with Gasteiger partial charge in [0.15, 0.2) is 0 Å². The molecule has 0 N–H and O–H groups in total. The number of hydrogen-bond donors (Lipinski definition) is 0. The average molecular weight is 449 g/mol. The summed E-state index contributed by atoms with van der Waals surface area (Å²) in [6.07, 6.45) is 6.13. The molecule has 4 nitrogen and oxygen atoms in total. The molecule has 0 aliphatic heterocycles. The molecule has 0 spiro atoms. The maximum Gasteiger partial charge on any atom is 0.283 e. The number of hydrogen-bond acceptors (Lipinski definition) is 4. The first-order valence-corrected chi connectivity index (χ1v) is 9.87. The van der Waals surface area contributed by atoms with Gasteiger partial charge in [0.1, 0.15) is 10.7 Å². The topological polar surface area (TPSA) is 47.2 Å². The van der Waals surface area contributed by atoms with Crippen LogP contribution in [0.3, 0.4) is 0 Å². The van der Waals surface area contributed by atoms with Crippen LogP contribution in [0.2, 0.25) is 0 Å². The van der Waals surface area contributed by atoms with Crippen LogP contribution in [0.5, 0.6) is 0 Å². The van der Waals surface area contributed by atoms with E-state index in [2.05, 4.69) is 32.7 Å². The Kier molecular flexibility index (Phi) is 4.26. The fourth-order valence-electron chi connectivity index (χ4n) is 3.15. The van der Waals surface area contributed by atoms with Gasteiger partial charge in [-0.3, -0.25) is 4.79 Å². The summed E-state index contributed by atoms with van der Waals surface area (Å²) in [6, 6.07) is 8.02. The monoisotopic (exact) mass is 449 g/mol. The third kappa shape index (κ3) is 2.82. The molecule has 1 aromatic carbocycles. The molecule has 0 bridgehead atoms. The fraction of sp³-hybridized carbons (Fsp3) is 0.278. The van der Waals surface area contributed by atoms with Crippen molar-refractivity contribution in [2.24, 2.45) is 5.10 Å². The second-order valence-corrected chi connectivity index (χ2v) is 8.30. The number of halogens is 1. The molecular formula is C18H16IN3OS. The van der Waals surface area contributed by atoms with E-state index in [1.165, 1.54) is 21.5 Å². The minimum atomic E-state index is -0.0428. The van der Waals surface area contributed by atoms with Crippen molar-refractivity contribution in [1.29, 1.82) is 0 Å². The molecule has 0 fully saturated rings. The molecule has 4 rings (SSSR count). The first-order chi connectivity index (χ1) is 11.6. The van der Waals surface area contributed by atoms with Crippen molar-refractivity contribution in [3.8, 4) is 0 Å². The van der Waals surface area contributed by atoms with Crippen molar-refractivity contribution in [2.45, 2.75) is 32.6 Å². The summed E-state index contributed by atoms with van der Waals surface area (Å²) in [7, 11) is 0. The number of aromatic nitrogens is 2. The highest BCUT2D eigenvalue weighted by Gasteiger charge is 2.20. The average Bonchev–Trinajstić information content (AvgIpc) is 2.92. The third-order valence-electron chi connectivity index (χ3n) is 4.30. The first kappa shape index (κ1) is 16.0. The smallest absolute Gasteiger partial charge is 0.267 e. The zero-order valence-corrected chi connectivity index (χ0v) is 16.2. The van der Waals surface area contributed by atoms with Gasteiger partial charge in [-0.15, -0.1) is 11.3 Å². The van der Waals surface area contributed by atoms with Gasteiger partial charge >= 0.3 is 0 Å². The summed E-state index contributed by atoms with van der Waals surface area (Å²) in [5.41, 5.74) is 2.14. The maximum absolute atomic E-state index is 13.0. The summed E-state index contributed by atoms with van der Waals surface area (Å²) in [4.78, 5) is 19.8. The van der Waals surface area contributed by atoms with E-state index < -0.39 is 0 Å². The third-order valence-corrected chi connectivity index (χ3v) is 6.16. The molecular weight excluding hydrogens is 433 g/mol. The van der Waals surface area contributed by atoms with E-state index in [1.54, 1.807) is 17.6 Å². The van der Waals surface area contributed by atoms with Gasteiger partial charge in [-0.25, -0.2) is 4.98 Å². The van der Waals surface area contributed by atoms with Crippen LogP contribution in [0.15, 0.2) is 34.2 Å². The summed E-state index contributed by atoms with van der Waals surface area (Å²) >= 11 is 3.94. The summed E-state index contributed by atoms with van der Waals surface area (Å²) < 4.78 is 2.57. The summed E-state index contributed by atoms with van der Waals surface area (Å²) in [6.45, 7) is 1.84. The highest BCUT2D eigenvalue weighted by molar-refractivity contribution is 14.1. The molecule has 0 atom stereocenters. The Bertz CT molecular complexity index is 1020. The van der Waals surface area contributed by atoms with Gasteiger partial charge in [0.25, 0.3) is 5.56 Å². The van der Waals surface area contributed by atoms with Crippen molar-refractivity contribution >= 4 is 50.4 Å². The van der Waals surface area contributed by atoms with Crippen LogP contribution in [0, 0.1) is 10.5 Å². The molecule has 0 unspecified atom stereocenters. The van der Waals surface area contributed by atoms with Gasteiger partial charge in [0.2, 0.25) is 0 Å². The zero-order valence-electron chi connectivity index (χ0n) is 13.3. The number of rotatable bonds is 2. The highest BCUT2D eigenvalue weighted by Crippen LogP contribution is 2.33. The molecule has 1 aliphatic carbocycles. The second-order valence-electron chi connectivity index (χ2n) is 5.97. The molecule has 0 amide bonds. The van der Waals surface area contributed by atoms with Crippen LogP contribution in [-0.4, -0.2) is 15.9 Å². The highest BCUT2D eigenvalue weighted by atomic mass is 127. The molecule has 122 valence electrons. The Labute approximate surface area is 157 Å². The quantitative estimate of drug-likeness (QED) is 0.437. The van der Waals surface area contributed by atoms with Crippen molar-refractivity contribution in [3.05, 3.63) is 60.0 Å². The van der Waals surface area contributed by atoms with Crippen LogP contribution < -0.4 is 5.56 Å². The predicted molar refractivity (Wildman–Crippen MR) is 107 cm³/mol. The van der Waals surface area contributed by atoms with Crippen molar-refractivity contribution in [2.75, 3.05) is 0 Å². The predicted octanol–water partition coefficient (Wildman–Crippen LogP) is 4.13. The Morgan fingerprint density at radius 3 is 3.00 bits per heavy atom. The van der Waals surface area contributed by atoms with Crippen molar-refractivity contribution < 1.29 is 0 Å². The van der Waals surface area contributed by atoms with Crippen LogP contribution in [0.1, 0.15) is 34.7 Å². The Morgan fingerprint density at radius 2 is 2.17 bits per heavy atom. The van der Waals surface area contributed by atoms with Crippen LogP contribution >= 0.6 is 33.9 Å². The number of fused-ring (bicyclic) bond motifs is 3. The van der Waals surface area contributed by atoms with Gasteiger partial charge in [-0.1, -0.05) is 12.1 Å². The summed E-state index contributed by atoms with van der Waals surface area (Å²) in [5.74, 6) is 0.632. The normalized spacial score (nSPS) is 14.4. The second kappa shape index (κ2) is 6.40. The van der Waals surface area contributed by atoms with Gasteiger partial charge in [0, 0.05) is 8.45 Å². The first-order valence-electron chi connectivity index (χ1n) is 7.97. The number of nitrogens with zero attached hydrogens (tertiary/aromatic N) is 3. The van der Waals surface area contributed by atoms with E-state index in [4.69, 9.17) is 0 Å². The largest absolute Gasteiger partial charge is 0.283 e. The standard InChI is InChI=1S/C18H16IN3OS/c1-11-21-17-16(14-7-2-3-8-15(14)24-17)18(23)22(11)20-10-12-5-4-6-13(19)9-12/h4-6,9-10H,2-3,7-8H2,1H3. The molecule has 2 heterocycles. The molecule has 0 radical (unpaired) electrons. The van der Waals surface area contributed by atoms with Crippen LogP contribution in [0.4, 0.5) is 0 Å². The van der Waals surface area contributed by atoms with Crippen molar-refractivity contribution in [3.63, 3.8) is 0 Å². The molecule has 6 heteroatoms. The molecule has 1 aliphatic rings. The van der Waals surface area contributed by atoms with Crippen LogP contribution in [0.25, 0.3) is 10.2 Å². The van der Waals surface area contributed by atoms with E-state index in [0.29, 0.717) is 5.82 Å².